The first-order valence-electron chi connectivity index (χ1n) is 13.5. The molecule has 0 spiro atoms. The molecule has 7 aliphatic rings. The number of fused-ring (bicyclic) bond motifs is 2. The first-order valence-corrected chi connectivity index (χ1v) is 13.5. The number of morpholine rings is 1. The Morgan fingerprint density at radius 2 is 1.62 bits per heavy atom. The second-order valence-corrected chi connectivity index (χ2v) is 13.0. The zero-order chi connectivity index (χ0) is 22.0. The molecule has 6 bridgehead atoms. The summed E-state index contributed by atoms with van der Waals surface area (Å²) in [6.07, 6.45) is 16.0. The molecular formula is C27H41NO4. The Kier molecular flexibility index (Phi) is 5.17. The number of carboxylic acid groups (broad SMARTS) is 1. The summed E-state index contributed by atoms with van der Waals surface area (Å²) in [5, 5.41) is 10.0. The summed E-state index contributed by atoms with van der Waals surface area (Å²) in [4.78, 5) is 28.0. The zero-order valence-electron chi connectivity index (χ0n) is 19.7. The van der Waals surface area contributed by atoms with Gasteiger partial charge < -0.3 is 14.7 Å². The maximum atomic E-state index is 13.8. The van der Waals surface area contributed by atoms with Crippen LogP contribution in [0, 0.1) is 39.9 Å². The van der Waals surface area contributed by atoms with Crippen LogP contribution in [0.3, 0.4) is 0 Å². The Hall–Kier alpha value is -1.10. The third-order valence-corrected chi connectivity index (χ3v) is 10.8. The van der Waals surface area contributed by atoms with E-state index in [4.69, 9.17) is 4.74 Å². The van der Waals surface area contributed by atoms with E-state index in [0.717, 1.165) is 69.9 Å². The topological polar surface area (TPSA) is 66.8 Å². The summed E-state index contributed by atoms with van der Waals surface area (Å²) in [5.41, 5.74) is -0.192. The number of amides is 1. The van der Waals surface area contributed by atoms with Gasteiger partial charge >= 0.3 is 5.97 Å². The monoisotopic (exact) mass is 443 g/mol. The van der Waals surface area contributed by atoms with Gasteiger partial charge in [-0.2, -0.15) is 0 Å². The van der Waals surface area contributed by atoms with Gasteiger partial charge in [-0.05, 0) is 106 Å². The van der Waals surface area contributed by atoms with Crippen LogP contribution >= 0.6 is 0 Å². The standard InChI is InChI=1S/C27H41NO4/c29-23(28-6-8-32-9-7-28)27-16-21-11-22(17-27)13-25(12-21,18-27)5-3-20-10-19-2-1-4-26(14-19,15-20)24(30)31/h19-22H,1-18H2,(H,30,31). The smallest absolute Gasteiger partial charge is 0.309 e. The maximum absolute atomic E-state index is 13.8. The Morgan fingerprint density at radius 1 is 0.906 bits per heavy atom. The molecule has 5 atom stereocenters. The fourth-order valence-electron chi connectivity index (χ4n) is 10.1. The lowest BCUT2D eigenvalue weighted by Crippen LogP contribution is -2.59. The summed E-state index contributed by atoms with van der Waals surface area (Å²) in [5.74, 6) is 2.58. The molecule has 0 aromatic rings. The van der Waals surface area contributed by atoms with Crippen molar-refractivity contribution in [1.82, 2.24) is 4.90 Å². The van der Waals surface area contributed by atoms with Gasteiger partial charge in [0.05, 0.1) is 24.0 Å². The van der Waals surface area contributed by atoms with E-state index in [1.165, 1.54) is 44.9 Å². The molecule has 1 saturated heterocycles. The van der Waals surface area contributed by atoms with Crippen LogP contribution in [0.1, 0.15) is 89.9 Å². The number of aliphatic carboxylic acids is 1. The Labute approximate surface area is 192 Å². The van der Waals surface area contributed by atoms with Gasteiger partial charge in [0.15, 0.2) is 0 Å². The zero-order valence-corrected chi connectivity index (χ0v) is 19.7. The van der Waals surface area contributed by atoms with Crippen molar-refractivity contribution in [2.45, 2.75) is 89.9 Å². The van der Waals surface area contributed by atoms with E-state index in [0.29, 0.717) is 36.4 Å². The van der Waals surface area contributed by atoms with Crippen molar-refractivity contribution in [1.29, 1.82) is 0 Å². The SMILES string of the molecule is O=C(O)C12CCCC(CC(CCC34CC5CC(C3)CC(C(=O)N3CCOCC3)(C5)C4)C1)C2. The van der Waals surface area contributed by atoms with Crippen molar-refractivity contribution in [3.63, 3.8) is 0 Å². The van der Waals surface area contributed by atoms with Gasteiger partial charge in [-0.1, -0.05) is 12.8 Å². The summed E-state index contributed by atoms with van der Waals surface area (Å²) < 4.78 is 5.51. The van der Waals surface area contributed by atoms with Crippen LogP contribution in [-0.2, 0) is 14.3 Å². The van der Waals surface area contributed by atoms with Gasteiger partial charge in [-0.3, -0.25) is 9.59 Å². The number of carbonyl (C=O) groups excluding carboxylic acids is 1. The maximum Gasteiger partial charge on any atom is 0.309 e. The molecule has 6 aliphatic carbocycles. The second-order valence-electron chi connectivity index (χ2n) is 13.0. The Morgan fingerprint density at radius 3 is 2.34 bits per heavy atom. The van der Waals surface area contributed by atoms with Crippen LogP contribution < -0.4 is 0 Å². The molecule has 32 heavy (non-hydrogen) atoms. The quantitative estimate of drug-likeness (QED) is 0.657. The van der Waals surface area contributed by atoms with E-state index >= 15 is 0 Å². The highest BCUT2D eigenvalue weighted by Gasteiger charge is 2.61. The molecule has 5 nitrogen and oxygen atoms in total. The number of ether oxygens (including phenoxy) is 1. The average molecular weight is 444 g/mol. The average Bonchev–Trinajstić information content (AvgIpc) is 2.77. The predicted octanol–water partition coefficient (Wildman–Crippen LogP) is 4.88. The van der Waals surface area contributed by atoms with Gasteiger partial charge in [0.1, 0.15) is 0 Å². The van der Waals surface area contributed by atoms with Crippen LogP contribution in [0.4, 0.5) is 0 Å². The number of hydrogen-bond donors (Lipinski definition) is 1. The summed E-state index contributed by atoms with van der Waals surface area (Å²) >= 11 is 0. The van der Waals surface area contributed by atoms with Crippen molar-refractivity contribution < 1.29 is 19.4 Å². The predicted molar refractivity (Wildman–Crippen MR) is 121 cm³/mol. The second kappa shape index (κ2) is 7.71. The Balaban J connectivity index is 1.17. The van der Waals surface area contributed by atoms with Crippen molar-refractivity contribution in [2.24, 2.45) is 39.9 Å². The van der Waals surface area contributed by atoms with Gasteiger partial charge in [0.25, 0.3) is 0 Å². The highest BCUT2D eigenvalue weighted by atomic mass is 16.5. The van der Waals surface area contributed by atoms with E-state index in [-0.39, 0.29) is 5.41 Å². The molecular weight excluding hydrogens is 402 g/mol. The lowest BCUT2D eigenvalue weighted by Gasteiger charge is -2.62. The molecule has 1 aliphatic heterocycles. The minimum Gasteiger partial charge on any atom is -0.481 e. The molecule has 6 saturated carbocycles. The third kappa shape index (κ3) is 3.52. The van der Waals surface area contributed by atoms with Gasteiger partial charge in [0.2, 0.25) is 5.91 Å². The summed E-state index contributed by atoms with van der Waals surface area (Å²) in [7, 11) is 0. The minimum absolute atomic E-state index is 0.104. The molecule has 0 aromatic carbocycles. The van der Waals surface area contributed by atoms with Crippen LogP contribution in [0.2, 0.25) is 0 Å². The van der Waals surface area contributed by atoms with Gasteiger partial charge in [-0.15, -0.1) is 0 Å². The highest BCUT2D eigenvalue weighted by Crippen LogP contribution is 2.67. The highest BCUT2D eigenvalue weighted by molar-refractivity contribution is 5.83. The molecule has 7 fully saturated rings. The van der Waals surface area contributed by atoms with E-state index in [9.17, 15) is 14.7 Å². The first-order chi connectivity index (χ1) is 15.4. The molecule has 1 amide bonds. The molecule has 0 radical (unpaired) electrons. The van der Waals surface area contributed by atoms with Crippen molar-refractivity contribution in [2.75, 3.05) is 26.3 Å². The number of nitrogens with zero attached hydrogens (tertiary/aromatic N) is 1. The molecule has 178 valence electrons. The van der Waals surface area contributed by atoms with Crippen molar-refractivity contribution in [3.8, 4) is 0 Å². The fourth-order valence-corrected chi connectivity index (χ4v) is 10.1. The van der Waals surface area contributed by atoms with E-state index < -0.39 is 11.4 Å². The summed E-state index contributed by atoms with van der Waals surface area (Å²) in [6.45, 7) is 2.91. The molecule has 1 N–H and O–H groups in total. The van der Waals surface area contributed by atoms with E-state index in [2.05, 4.69) is 4.90 Å². The normalized spacial score (nSPS) is 47.4. The summed E-state index contributed by atoms with van der Waals surface area (Å²) in [6, 6.07) is 0. The molecule has 5 heteroatoms. The third-order valence-electron chi connectivity index (χ3n) is 10.8. The molecule has 1 heterocycles. The van der Waals surface area contributed by atoms with Crippen molar-refractivity contribution >= 4 is 11.9 Å². The van der Waals surface area contributed by atoms with Crippen molar-refractivity contribution in [3.05, 3.63) is 0 Å². The molecule has 5 unspecified atom stereocenters. The number of rotatable bonds is 5. The number of carbonyl (C=O) groups is 2. The van der Waals surface area contributed by atoms with Crippen LogP contribution in [-0.4, -0.2) is 48.2 Å². The lowest BCUT2D eigenvalue weighted by atomic mass is 9.43. The first kappa shape index (κ1) is 21.4. The minimum atomic E-state index is -0.531. The van der Waals surface area contributed by atoms with E-state index in [1.54, 1.807) is 0 Å². The van der Waals surface area contributed by atoms with Crippen LogP contribution in [0.15, 0.2) is 0 Å². The Bertz CT molecular complexity index is 760. The fraction of sp³-hybridized carbons (Fsp3) is 0.926. The van der Waals surface area contributed by atoms with Gasteiger partial charge in [0, 0.05) is 13.1 Å². The van der Waals surface area contributed by atoms with E-state index in [1.807, 2.05) is 0 Å². The molecule has 7 rings (SSSR count). The largest absolute Gasteiger partial charge is 0.481 e. The van der Waals surface area contributed by atoms with Crippen LogP contribution in [0.5, 0.6) is 0 Å². The van der Waals surface area contributed by atoms with Crippen LogP contribution in [0.25, 0.3) is 0 Å². The molecule has 0 aromatic heterocycles. The lowest BCUT2D eigenvalue weighted by molar-refractivity contribution is -0.173. The number of hydrogen-bond acceptors (Lipinski definition) is 3. The van der Waals surface area contributed by atoms with Gasteiger partial charge in [-0.25, -0.2) is 0 Å². The number of carboxylic acids is 1.